The lowest BCUT2D eigenvalue weighted by Crippen LogP contribution is -2.33. The number of benzene rings is 3. The summed E-state index contributed by atoms with van der Waals surface area (Å²) in [6.45, 7) is -0.465. The lowest BCUT2D eigenvalue weighted by atomic mass is 9.82. The van der Waals surface area contributed by atoms with Crippen LogP contribution in [-0.4, -0.2) is 46.0 Å². The van der Waals surface area contributed by atoms with Gasteiger partial charge in [-0.25, -0.2) is 18.5 Å². The first kappa shape index (κ1) is 30.2. The zero-order valence-corrected chi connectivity index (χ0v) is 25.2. The number of imide groups is 1. The quantitative estimate of drug-likeness (QED) is 0.149. The molecule has 0 bridgehead atoms. The van der Waals surface area contributed by atoms with Crippen LogP contribution in [0.5, 0.6) is 5.75 Å². The number of hydrogen-bond donors (Lipinski definition) is 3. The van der Waals surface area contributed by atoms with Gasteiger partial charge < -0.3 is 10.4 Å². The summed E-state index contributed by atoms with van der Waals surface area (Å²) < 4.78 is 24.2. The summed E-state index contributed by atoms with van der Waals surface area (Å²) in [7, 11) is -3.94. The fourth-order valence-electron chi connectivity index (χ4n) is 5.39. The molecule has 4 N–H and O–H groups in total. The summed E-state index contributed by atoms with van der Waals surface area (Å²) in [4.78, 5) is 65.2. The number of nitro groups is 1. The second-order valence-electron chi connectivity index (χ2n) is 10.1. The minimum absolute atomic E-state index is 0.134. The third-order valence-corrected chi connectivity index (χ3v) is 10.9. The number of nitrogens with two attached hydrogens (primary N) is 1. The molecule has 230 valence electrons. The van der Waals surface area contributed by atoms with Crippen LogP contribution in [0.1, 0.15) is 16.4 Å². The number of thiazole rings is 1. The highest BCUT2D eigenvalue weighted by atomic mass is 32.2. The second kappa shape index (κ2) is 11.3. The lowest BCUT2D eigenvalue weighted by Gasteiger charge is -2.31. The van der Waals surface area contributed by atoms with E-state index in [1.54, 1.807) is 18.2 Å². The maximum Gasteiger partial charge on any atom is 0.308 e. The Morgan fingerprint density at radius 2 is 1.67 bits per heavy atom. The Kier molecular flexibility index (Phi) is 7.56. The molecule has 3 heterocycles. The predicted octanol–water partition coefficient (Wildman–Crippen LogP) is 2.61. The standard InChI is InChI=1S/C28H21N5O9S3/c29-45(41,42)17-11-5-14(6-12-17)30-20(35)13-31-27-24(44-28(31)38)21(18-3-1-2-4-19(18)34)22-23(43-27)26(37)32(25(22)36)15-7-9-16(10-8-15)33(39)40/h1-12,21-23,34H,13H2,(H,30,35)(H2,29,41,42)/t21-,22+,23-/m0/s1. The number of primary sulfonamides is 1. The van der Waals surface area contributed by atoms with Crippen molar-refractivity contribution in [1.29, 1.82) is 0 Å². The van der Waals surface area contributed by atoms with Crippen LogP contribution in [0.25, 0.3) is 0 Å². The molecule has 3 amide bonds. The van der Waals surface area contributed by atoms with Gasteiger partial charge in [0, 0.05) is 34.2 Å². The summed E-state index contributed by atoms with van der Waals surface area (Å²) >= 11 is 1.76. The van der Waals surface area contributed by atoms with E-state index >= 15 is 0 Å². The number of nitro benzene ring substituents is 1. The monoisotopic (exact) mass is 667 g/mol. The number of thioether (sulfide) groups is 1. The Labute approximate surface area is 262 Å². The molecule has 3 atom stereocenters. The zero-order chi connectivity index (χ0) is 32.2. The molecule has 1 fully saturated rings. The van der Waals surface area contributed by atoms with Crippen molar-refractivity contribution in [2.45, 2.75) is 27.6 Å². The first-order valence-corrected chi connectivity index (χ1v) is 16.3. The van der Waals surface area contributed by atoms with Gasteiger partial charge in [-0.3, -0.25) is 33.9 Å². The van der Waals surface area contributed by atoms with Gasteiger partial charge in [-0.1, -0.05) is 41.3 Å². The first-order chi connectivity index (χ1) is 21.3. The highest BCUT2D eigenvalue weighted by molar-refractivity contribution is 8.00. The van der Waals surface area contributed by atoms with E-state index < -0.39 is 61.2 Å². The number of nitrogens with one attached hydrogen (secondary N) is 1. The minimum atomic E-state index is -3.94. The number of para-hydroxylation sites is 1. The maximum absolute atomic E-state index is 13.9. The minimum Gasteiger partial charge on any atom is -0.508 e. The van der Waals surface area contributed by atoms with E-state index in [2.05, 4.69) is 5.32 Å². The molecule has 2 aliphatic rings. The van der Waals surface area contributed by atoms with E-state index in [0.717, 1.165) is 28.0 Å². The number of aromatic hydroxyl groups is 1. The number of aromatic nitrogens is 1. The van der Waals surface area contributed by atoms with Gasteiger partial charge in [0.1, 0.15) is 17.5 Å². The van der Waals surface area contributed by atoms with Crippen molar-refractivity contribution in [3.05, 3.63) is 103 Å². The fourth-order valence-corrected chi connectivity index (χ4v) is 8.67. The molecule has 0 saturated carbocycles. The number of carbonyl (C=O) groups excluding carboxylic acids is 3. The van der Waals surface area contributed by atoms with E-state index in [-0.39, 0.29) is 32.7 Å². The van der Waals surface area contributed by atoms with Gasteiger partial charge in [-0.2, -0.15) is 0 Å². The van der Waals surface area contributed by atoms with Gasteiger partial charge in [0.05, 0.1) is 26.5 Å². The Morgan fingerprint density at radius 3 is 2.29 bits per heavy atom. The smallest absolute Gasteiger partial charge is 0.308 e. The number of fused-ring (bicyclic) bond motifs is 2. The summed E-state index contributed by atoms with van der Waals surface area (Å²) in [5, 5.41) is 28.9. The van der Waals surface area contributed by atoms with Crippen molar-refractivity contribution in [1.82, 2.24) is 4.57 Å². The average Bonchev–Trinajstić information content (AvgIpc) is 3.43. The molecule has 4 aromatic rings. The number of carbonyl (C=O) groups is 3. The molecule has 0 aliphatic carbocycles. The topological polar surface area (TPSA) is 212 Å². The Bertz CT molecular complexity index is 2060. The number of amides is 3. The summed E-state index contributed by atoms with van der Waals surface area (Å²) in [5.41, 5.74) is 0.477. The van der Waals surface area contributed by atoms with Crippen LogP contribution >= 0.6 is 23.1 Å². The summed E-state index contributed by atoms with van der Waals surface area (Å²) in [6, 6.07) is 16.3. The van der Waals surface area contributed by atoms with Gasteiger partial charge in [-0.15, -0.1) is 0 Å². The highest BCUT2D eigenvalue weighted by Gasteiger charge is 2.57. The molecule has 17 heteroatoms. The van der Waals surface area contributed by atoms with E-state index in [4.69, 9.17) is 5.14 Å². The lowest BCUT2D eigenvalue weighted by molar-refractivity contribution is -0.384. The van der Waals surface area contributed by atoms with Gasteiger partial charge in [0.2, 0.25) is 27.7 Å². The molecule has 6 rings (SSSR count). The molecule has 3 aromatic carbocycles. The normalized spacial score (nSPS) is 19.2. The predicted molar refractivity (Wildman–Crippen MR) is 164 cm³/mol. The van der Waals surface area contributed by atoms with Crippen molar-refractivity contribution >= 4 is 67.9 Å². The third kappa shape index (κ3) is 5.39. The van der Waals surface area contributed by atoms with Crippen LogP contribution in [0, 0.1) is 16.0 Å². The van der Waals surface area contributed by atoms with Gasteiger partial charge in [-0.05, 0) is 42.5 Å². The Hall–Kier alpha value is -4.84. The zero-order valence-electron chi connectivity index (χ0n) is 22.7. The second-order valence-corrected chi connectivity index (χ2v) is 13.8. The molecule has 0 unspecified atom stereocenters. The van der Waals surface area contributed by atoms with Crippen molar-refractivity contribution in [2.24, 2.45) is 11.1 Å². The first-order valence-electron chi connectivity index (χ1n) is 13.1. The van der Waals surface area contributed by atoms with E-state index in [0.29, 0.717) is 10.4 Å². The van der Waals surface area contributed by atoms with Crippen molar-refractivity contribution < 1.29 is 32.8 Å². The molecular weight excluding hydrogens is 647 g/mol. The van der Waals surface area contributed by atoms with Gasteiger partial charge >= 0.3 is 4.87 Å². The molecule has 0 spiro atoms. The van der Waals surface area contributed by atoms with Crippen LogP contribution < -0.4 is 20.2 Å². The van der Waals surface area contributed by atoms with E-state index in [1.807, 2.05) is 0 Å². The molecular formula is C28H21N5O9S3. The van der Waals surface area contributed by atoms with Crippen molar-refractivity contribution in [3.8, 4) is 5.75 Å². The average molecular weight is 668 g/mol. The van der Waals surface area contributed by atoms with Crippen LogP contribution in [-0.2, 0) is 31.0 Å². The van der Waals surface area contributed by atoms with Crippen molar-refractivity contribution in [2.75, 3.05) is 10.2 Å². The van der Waals surface area contributed by atoms with E-state index in [9.17, 15) is 42.8 Å². The molecule has 1 saturated heterocycles. The van der Waals surface area contributed by atoms with Crippen LogP contribution in [0.4, 0.5) is 17.1 Å². The molecule has 2 aliphatic heterocycles. The Morgan fingerprint density at radius 1 is 1.00 bits per heavy atom. The number of rotatable bonds is 7. The van der Waals surface area contributed by atoms with Crippen molar-refractivity contribution in [3.63, 3.8) is 0 Å². The van der Waals surface area contributed by atoms with Gasteiger partial charge in [0.25, 0.3) is 5.69 Å². The van der Waals surface area contributed by atoms with E-state index in [1.165, 1.54) is 59.2 Å². The van der Waals surface area contributed by atoms with Gasteiger partial charge in [0.15, 0.2) is 0 Å². The summed E-state index contributed by atoms with van der Waals surface area (Å²) in [5.74, 6) is -3.93. The number of phenolic OH excluding ortho intramolecular Hbond substituents is 1. The molecule has 14 nitrogen and oxygen atoms in total. The largest absolute Gasteiger partial charge is 0.508 e. The Balaban J connectivity index is 1.37. The molecule has 45 heavy (non-hydrogen) atoms. The molecule has 0 radical (unpaired) electrons. The SMILES string of the molecule is NS(=O)(=O)c1ccc(NC(=O)Cn2c3c(sc2=O)[C@@H](c2ccccc2O)[C@H]2C(=O)N(c4ccc([N+](=O)[O-])cc4)C(=O)[C@H]2S3)cc1. The van der Waals surface area contributed by atoms with Crippen LogP contribution in [0.3, 0.4) is 0 Å². The van der Waals surface area contributed by atoms with Crippen LogP contribution in [0.2, 0.25) is 0 Å². The maximum atomic E-state index is 13.9. The molecule has 1 aromatic heterocycles. The number of nitrogens with zero attached hydrogens (tertiary/aromatic N) is 3. The fraction of sp³-hybridized carbons (Fsp3) is 0.143. The highest BCUT2D eigenvalue weighted by Crippen LogP contribution is 2.55. The number of phenols is 1. The third-order valence-electron chi connectivity index (χ3n) is 7.41. The number of hydrogen-bond acceptors (Lipinski definition) is 11. The van der Waals surface area contributed by atoms with Crippen LogP contribution in [0.15, 0.2) is 87.5 Å². The number of anilines is 2. The number of non-ortho nitro benzene ring substituents is 1. The number of sulfonamides is 1. The summed E-state index contributed by atoms with van der Waals surface area (Å²) in [6.07, 6.45) is 0.